The Kier molecular flexibility index (Phi) is 4.15. The first-order valence-corrected chi connectivity index (χ1v) is 6.33. The fraction of sp³-hybridized carbons (Fsp3) is 0.125. The van der Waals surface area contributed by atoms with Crippen LogP contribution in [-0.4, -0.2) is 28.9 Å². The van der Waals surface area contributed by atoms with Gasteiger partial charge in [0.1, 0.15) is 5.69 Å². The molecule has 1 amide bonds. The molecule has 4 nitrogen and oxygen atoms in total. The SMILES string of the molecule is C=CCN(CC=C)C(=O)c1cc(N)c2ccccc2n1. The fourth-order valence-electron chi connectivity index (χ4n) is 2.03. The summed E-state index contributed by atoms with van der Waals surface area (Å²) in [5.41, 5.74) is 7.60. The second-order valence-electron chi connectivity index (χ2n) is 4.40. The highest BCUT2D eigenvalue weighted by Gasteiger charge is 2.16. The van der Waals surface area contributed by atoms with Crippen molar-refractivity contribution in [1.29, 1.82) is 0 Å². The van der Waals surface area contributed by atoms with Gasteiger partial charge in [0.05, 0.1) is 5.52 Å². The van der Waals surface area contributed by atoms with Gasteiger partial charge in [-0.05, 0) is 12.1 Å². The summed E-state index contributed by atoms with van der Waals surface area (Å²) in [5, 5.41) is 0.850. The van der Waals surface area contributed by atoms with Crippen molar-refractivity contribution < 1.29 is 4.79 Å². The molecule has 2 rings (SSSR count). The number of nitrogen functional groups attached to an aromatic ring is 1. The zero-order chi connectivity index (χ0) is 14.5. The van der Waals surface area contributed by atoms with Gasteiger partial charge in [0.2, 0.25) is 0 Å². The van der Waals surface area contributed by atoms with E-state index in [0.717, 1.165) is 5.39 Å². The molecule has 102 valence electrons. The van der Waals surface area contributed by atoms with E-state index in [0.29, 0.717) is 30.0 Å². The minimum Gasteiger partial charge on any atom is -0.398 e. The Morgan fingerprint density at radius 3 is 2.55 bits per heavy atom. The number of carbonyl (C=O) groups is 1. The van der Waals surface area contributed by atoms with Gasteiger partial charge in [0, 0.05) is 24.2 Å². The van der Waals surface area contributed by atoms with Gasteiger partial charge in [-0.1, -0.05) is 30.4 Å². The van der Waals surface area contributed by atoms with E-state index in [1.165, 1.54) is 0 Å². The zero-order valence-corrected chi connectivity index (χ0v) is 11.2. The van der Waals surface area contributed by atoms with Gasteiger partial charge in [0.15, 0.2) is 0 Å². The van der Waals surface area contributed by atoms with E-state index in [9.17, 15) is 4.79 Å². The topological polar surface area (TPSA) is 59.2 Å². The van der Waals surface area contributed by atoms with E-state index in [1.54, 1.807) is 23.1 Å². The van der Waals surface area contributed by atoms with Crippen molar-refractivity contribution in [3.05, 3.63) is 61.3 Å². The number of fused-ring (bicyclic) bond motifs is 1. The van der Waals surface area contributed by atoms with Crippen molar-refractivity contribution in [3.8, 4) is 0 Å². The van der Waals surface area contributed by atoms with Gasteiger partial charge >= 0.3 is 0 Å². The lowest BCUT2D eigenvalue weighted by Gasteiger charge is -2.19. The average molecular weight is 267 g/mol. The quantitative estimate of drug-likeness (QED) is 0.847. The molecule has 2 N–H and O–H groups in total. The van der Waals surface area contributed by atoms with Crippen molar-refractivity contribution in [3.63, 3.8) is 0 Å². The van der Waals surface area contributed by atoms with Crippen molar-refractivity contribution in [2.45, 2.75) is 0 Å². The van der Waals surface area contributed by atoms with Crippen LogP contribution in [-0.2, 0) is 0 Å². The molecule has 0 bridgehead atoms. The molecule has 1 heterocycles. The fourth-order valence-corrected chi connectivity index (χ4v) is 2.03. The maximum Gasteiger partial charge on any atom is 0.273 e. The van der Waals surface area contributed by atoms with Crippen LogP contribution in [0.4, 0.5) is 5.69 Å². The molecule has 20 heavy (non-hydrogen) atoms. The van der Waals surface area contributed by atoms with Crippen LogP contribution in [0.3, 0.4) is 0 Å². The average Bonchev–Trinajstić information content (AvgIpc) is 2.46. The van der Waals surface area contributed by atoms with Crippen LogP contribution in [0.5, 0.6) is 0 Å². The number of anilines is 1. The summed E-state index contributed by atoms with van der Waals surface area (Å²) < 4.78 is 0. The van der Waals surface area contributed by atoms with Crippen LogP contribution in [0.1, 0.15) is 10.5 Å². The molecule has 0 atom stereocenters. The molecule has 0 aliphatic heterocycles. The number of hydrogen-bond donors (Lipinski definition) is 1. The summed E-state index contributed by atoms with van der Waals surface area (Å²) in [7, 11) is 0. The van der Waals surface area contributed by atoms with Crippen molar-refractivity contribution in [2.24, 2.45) is 0 Å². The lowest BCUT2D eigenvalue weighted by Crippen LogP contribution is -2.32. The molecule has 0 radical (unpaired) electrons. The number of nitrogens with zero attached hydrogens (tertiary/aromatic N) is 2. The van der Waals surface area contributed by atoms with E-state index in [-0.39, 0.29) is 5.91 Å². The standard InChI is InChI=1S/C16H17N3O/c1-3-9-19(10-4-2)16(20)15-11-13(17)12-7-5-6-8-14(12)18-15/h3-8,11H,1-2,9-10H2,(H2,17,18). The highest BCUT2D eigenvalue weighted by molar-refractivity contribution is 5.99. The van der Waals surface area contributed by atoms with Crippen LogP contribution in [0.2, 0.25) is 0 Å². The second-order valence-corrected chi connectivity index (χ2v) is 4.40. The number of amides is 1. The first-order valence-electron chi connectivity index (χ1n) is 6.33. The summed E-state index contributed by atoms with van der Waals surface area (Å²) in [5.74, 6) is -0.178. The molecule has 0 aliphatic rings. The summed E-state index contributed by atoms with van der Waals surface area (Å²) in [6.07, 6.45) is 3.34. The third-order valence-electron chi connectivity index (χ3n) is 2.95. The number of hydrogen-bond acceptors (Lipinski definition) is 3. The normalized spacial score (nSPS) is 10.2. The highest BCUT2D eigenvalue weighted by Crippen LogP contribution is 2.20. The zero-order valence-electron chi connectivity index (χ0n) is 11.2. The molecule has 4 heteroatoms. The van der Waals surface area contributed by atoms with Gasteiger partial charge < -0.3 is 10.6 Å². The van der Waals surface area contributed by atoms with Crippen molar-refractivity contribution >= 4 is 22.5 Å². The number of para-hydroxylation sites is 1. The monoisotopic (exact) mass is 267 g/mol. The molecular weight excluding hydrogens is 250 g/mol. The van der Waals surface area contributed by atoms with Gasteiger partial charge in [-0.15, -0.1) is 13.2 Å². The molecular formula is C16H17N3O. The predicted octanol–water partition coefficient (Wildman–Crippen LogP) is 2.63. The Labute approximate surface area is 118 Å². The van der Waals surface area contributed by atoms with E-state index >= 15 is 0 Å². The maximum atomic E-state index is 12.4. The van der Waals surface area contributed by atoms with Crippen molar-refractivity contribution in [1.82, 2.24) is 9.88 Å². The third kappa shape index (κ3) is 2.69. The number of nitrogens with two attached hydrogens (primary N) is 1. The van der Waals surface area contributed by atoms with Crippen LogP contribution in [0, 0.1) is 0 Å². The molecule has 0 unspecified atom stereocenters. The van der Waals surface area contributed by atoms with Crippen LogP contribution < -0.4 is 5.73 Å². The van der Waals surface area contributed by atoms with Gasteiger partial charge in [-0.3, -0.25) is 4.79 Å². The highest BCUT2D eigenvalue weighted by atomic mass is 16.2. The molecule has 1 aromatic heterocycles. The first kappa shape index (κ1) is 13.8. The number of pyridine rings is 1. The Hall–Kier alpha value is -2.62. The van der Waals surface area contributed by atoms with E-state index < -0.39 is 0 Å². The number of benzene rings is 1. The summed E-state index contributed by atoms with van der Waals surface area (Å²) in [6, 6.07) is 9.10. The lowest BCUT2D eigenvalue weighted by molar-refractivity contribution is 0.0785. The molecule has 0 saturated heterocycles. The lowest BCUT2D eigenvalue weighted by atomic mass is 10.1. The van der Waals surface area contributed by atoms with Gasteiger partial charge in [-0.25, -0.2) is 4.98 Å². The molecule has 1 aromatic carbocycles. The molecule has 0 fully saturated rings. The molecule has 0 spiro atoms. The summed E-state index contributed by atoms with van der Waals surface area (Å²) in [4.78, 5) is 18.4. The second kappa shape index (κ2) is 6.02. The van der Waals surface area contributed by atoms with E-state index in [1.807, 2.05) is 24.3 Å². The number of aromatic nitrogens is 1. The van der Waals surface area contributed by atoms with E-state index in [2.05, 4.69) is 18.1 Å². The Balaban J connectivity index is 2.43. The van der Waals surface area contributed by atoms with Crippen molar-refractivity contribution in [2.75, 3.05) is 18.8 Å². The third-order valence-corrected chi connectivity index (χ3v) is 2.95. The largest absolute Gasteiger partial charge is 0.398 e. The minimum atomic E-state index is -0.178. The first-order chi connectivity index (χ1) is 9.67. The van der Waals surface area contributed by atoms with E-state index in [4.69, 9.17) is 5.73 Å². The summed E-state index contributed by atoms with van der Waals surface area (Å²) in [6.45, 7) is 8.19. The number of carbonyl (C=O) groups excluding carboxylic acids is 1. The van der Waals surface area contributed by atoms with Crippen LogP contribution in [0.25, 0.3) is 10.9 Å². The smallest absolute Gasteiger partial charge is 0.273 e. The molecule has 0 aliphatic carbocycles. The Bertz CT molecular complexity index is 654. The molecule has 2 aromatic rings. The summed E-state index contributed by atoms with van der Waals surface area (Å²) >= 11 is 0. The Morgan fingerprint density at radius 2 is 1.90 bits per heavy atom. The molecule has 0 saturated carbocycles. The number of rotatable bonds is 5. The van der Waals surface area contributed by atoms with Gasteiger partial charge in [0.25, 0.3) is 5.91 Å². The van der Waals surface area contributed by atoms with Gasteiger partial charge in [-0.2, -0.15) is 0 Å². The van der Waals surface area contributed by atoms with Crippen LogP contribution >= 0.6 is 0 Å². The Morgan fingerprint density at radius 1 is 1.25 bits per heavy atom. The van der Waals surface area contributed by atoms with Crippen LogP contribution in [0.15, 0.2) is 55.6 Å². The minimum absolute atomic E-state index is 0.178. The maximum absolute atomic E-state index is 12.4. The predicted molar refractivity (Wildman–Crippen MR) is 82.5 cm³/mol.